The standard InChI is InChI=1S/C12H15F3N6/c1-21-4-7(2-3-8(21)12(13,14)15)20-11-9-10(17-5-16-9)18-6-19-11/h5-8H,2-4H2,1H3,(H2,16,17,18,19,20). The summed E-state index contributed by atoms with van der Waals surface area (Å²) in [5.74, 6) is 0.571. The molecule has 0 saturated carbocycles. The summed E-state index contributed by atoms with van der Waals surface area (Å²) >= 11 is 0. The zero-order valence-corrected chi connectivity index (χ0v) is 11.4. The Morgan fingerprint density at radius 2 is 2.10 bits per heavy atom. The summed E-state index contributed by atoms with van der Waals surface area (Å²) in [6, 6.07) is -1.46. The molecule has 0 bridgehead atoms. The van der Waals surface area contributed by atoms with Crippen molar-refractivity contribution in [2.75, 3.05) is 18.9 Å². The Balaban J connectivity index is 1.71. The van der Waals surface area contributed by atoms with Gasteiger partial charge in [0.15, 0.2) is 11.5 Å². The lowest BCUT2D eigenvalue weighted by atomic mass is 9.98. The zero-order valence-electron chi connectivity index (χ0n) is 11.4. The van der Waals surface area contributed by atoms with Crippen LogP contribution in [-0.4, -0.2) is 56.7 Å². The molecule has 2 aromatic rings. The summed E-state index contributed by atoms with van der Waals surface area (Å²) in [6.45, 7) is 0.309. The number of H-pyrrole nitrogens is 1. The van der Waals surface area contributed by atoms with E-state index in [1.54, 1.807) is 0 Å². The molecule has 9 heteroatoms. The molecule has 1 aliphatic rings. The third kappa shape index (κ3) is 2.78. The fourth-order valence-corrected chi connectivity index (χ4v) is 2.74. The Morgan fingerprint density at radius 3 is 2.81 bits per heavy atom. The first-order valence-corrected chi connectivity index (χ1v) is 6.62. The van der Waals surface area contributed by atoms with Crippen LogP contribution >= 0.6 is 0 Å². The number of likely N-dealkylation sites (N-methyl/N-ethyl adjacent to an activating group) is 1. The van der Waals surface area contributed by atoms with Gasteiger partial charge in [-0.2, -0.15) is 13.2 Å². The van der Waals surface area contributed by atoms with Gasteiger partial charge in [-0.1, -0.05) is 0 Å². The van der Waals surface area contributed by atoms with E-state index in [0.717, 1.165) is 0 Å². The zero-order chi connectivity index (χ0) is 15.0. The highest BCUT2D eigenvalue weighted by atomic mass is 19.4. The van der Waals surface area contributed by atoms with Crippen molar-refractivity contribution in [1.82, 2.24) is 24.8 Å². The van der Waals surface area contributed by atoms with E-state index < -0.39 is 12.2 Å². The van der Waals surface area contributed by atoms with E-state index in [2.05, 4.69) is 25.3 Å². The van der Waals surface area contributed by atoms with Gasteiger partial charge >= 0.3 is 6.18 Å². The predicted octanol–water partition coefficient (Wildman–Crippen LogP) is 1.79. The van der Waals surface area contributed by atoms with Gasteiger partial charge in [-0.15, -0.1) is 0 Å². The third-order valence-electron chi connectivity index (χ3n) is 3.77. The number of hydrogen-bond acceptors (Lipinski definition) is 5. The topological polar surface area (TPSA) is 69.7 Å². The van der Waals surface area contributed by atoms with Crippen LogP contribution in [0.2, 0.25) is 0 Å². The molecule has 2 unspecified atom stereocenters. The van der Waals surface area contributed by atoms with Crippen LogP contribution in [-0.2, 0) is 0 Å². The van der Waals surface area contributed by atoms with Crippen molar-refractivity contribution in [3.63, 3.8) is 0 Å². The van der Waals surface area contributed by atoms with Crippen molar-refractivity contribution in [3.05, 3.63) is 12.7 Å². The molecular formula is C12H15F3N6. The SMILES string of the molecule is CN1CC(Nc2ncnc3nc[nH]c23)CCC1C(F)(F)F. The van der Waals surface area contributed by atoms with E-state index in [4.69, 9.17) is 0 Å². The average Bonchev–Trinajstić information content (AvgIpc) is 2.86. The molecule has 3 rings (SSSR count). The molecule has 0 aliphatic carbocycles. The smallest absolute Gasteiger partial charge is 0.364 e. The van der Waals surface area contributed by atoms with Crippen molar-refractivity contribution >= 4 is 17.0 Å². The van der Waals surface area contributed by atoms with Crippen molar-refractivity contribution < 1.29 is 13.2 Å². The van der Waals surface area contributed by atoms with Crippen molar-refractivity contribution in [2.24, 2.45) is 0 Å². The van der Waals surface area contributed by atoms with Gasteiger partial charge in [-0.05, 0) is 19.9 Å². The fourth-order valence-electron chi connectivity index (χ4n) is 2.74. The first kappa shape index (κ1) is 14.1. The fraction of sp³-hybridized carbons (Fsp3) is 0.583. The molecule has 1 fully saturated rings. The summed E-state index contributed by atoms with van der Waals surface area (Å²) in [6.07, 6.45) is -0.762. The molecule has 1 aliphatic heterocycles. The number of alkyl halides is 3. The highest BCUT2D eigenvalue weighted by molar-refractivity contribution is 5.82. The summed E-state index contributed by atoms with van der Waals surface area (Å²) < 4.78 is 38.4. The summed E-state index contributed by atoms with van der Waals surface area (Å²) in [4.78, 5) is 16.4. The average molecular weight is 300 g/mol. The number of hydrogen-bond donors (Lipinski definition) is 2. The number of nitrogens with zero attached hydrogens (tertiary/aromatic N) is 4. The molecule has 0 spiro atoms. The molecule has 0 radical (unpaired) electrons. The van der Waals surface area contributed by atoms with Crippen molar-refractivity contribution in [1.29, 1.82) is 0 Å². The second kappa shape index (κ2) is 5.14. The minimum atomic E-state index is -4.18. The predicted molar refractivity (Wildman–Crippen MR) is 70.8 cm³/mol. The Hall–Kier alpha value is -1.90. The first-order valence-electron chi connectivity index (χ1n) is 6.62. The number of imidazole rings is 1. The van der Waals surface area contributed by atoms with Gasteiger partial charge < -0.3 is 10.3 Å². The molecule has 3 heterocycles. The number of likely N-dealkylation sites (tertiary alicyclic amines) is 1. The van der Waals surface area contributed by atoms with E-state index in [0.29, 0.717) is 29.9 Å². The van der Waals surface area contributed by atoms with Gasteiger partial charge in [0, 0.05) is 12.6 Å². The molecule has 0 amide bonds. The van der Waals surface area contributed by atoms with Gasteiger partial charge in [0.1, 0.15) is 17.9 Å². The number of halogens is 3. The minimum Gasteiger partial charge on any atom is -0.364 e. The van der Waals surface area contributed by atoms with Crippen LogP contribution in [0.25, 0.3) is 11.2 Å². The minimum absolute atomic E-state index is 0.0782. The second-order valence-corrected chi connectivity index (χ2v) is 5.24. The van der Waals surface area contributed by atoms with Crippen molar-refractivity contribution in [3.8, 4) is 0 Å². The number of aromatic amines is 1. The second-order valence-electron chi connectivity index (χ2n) is 5.24. The Bertz CT molecular complexity index is 625. The highest BCUT2D eigenvalue weighted by Crippen LogP contribution is 2.31. The van der Waals surface area contributed by atoms with E-state index in [1.807, 2.05) is 0 Å². The molecule has 6 nitrogen and oxygen atoms in total. The van der Waals surface area contributed by atoms with Crippen LogP contribution in [0.3, 0.4) is 0 Å². The quantitative estimate of drug-likeness (QED) is 0.885. The van der Waals surface area contributed by atoms with Crippen LogP contribution in [0.5, 0.6) is 0 Å². The van der Waals surface area contributed by atoms with Gasteiger partial charge in [0.25, 0.3) is 0 Å². The lowest BCUT2D eigenvalue weighted by Crippen LogP contribution is -2.52. The number of piperidine rings is 1. The molecule has 2 N–H and O–H groups in total. The number of aromatic nitrogens is 4. The molecule has 0 aromatic carbocycles. The number of fused-ring (bicyclic) bond motifs is 1. The largest absolute Gasteiger partial charge is 0.404 e. The molecule has 21 heavy (non-hydrogen) atoms. The molecule has 2 aromatic heterocycles. The van der Waals surface area contributed by atoms with Crippen LogP contribution in [0, 0.1) is 0 Å². The van der Waals surface area contributed by atoms with Gasteiger partial charge in [0.05, 0.1) is 6.33 Å². The number of nitrogens with one attached hydrogen (secondary N) is 2. The number of anilines is 1. The van der Waals surface area contributed by atoms with Crippen LogP contribution < -0.4 is 5.32 Å². The van der Waals surface area contributed by atoms with Gasteiger partial charge in [-0.3, -0.25) is 4.90 Å². The molecule has 114 valence electrons. The molecular weight excluding hydrogens is 285 g/mol. The summed E-state index contributed by atoms with van der Waals surface area (Å²) in [7, 11) is 1.50. The Morgan fingerprint density at radius 1 is 1.29 bits per heavy atom. The lowest BCUT2D eigenvalue weighted by Gasteiger charge is -2.38. The Labute approximate surface area is 118 Å². The molecule has 2 atom stereocenters. The number of rotatable bonds is 2. The van der Waals surface area contributed by atoms with Gasteiger partial charge in [0.2, 0.25) is 0 Å². The molecule has 1 saturated heterocycles. The highest BCUT2D eigenvalue weighted by Gasteiger charge is 2.44. The summed E-state index contributed by atoms with van der Waals surface area (Å²) in [5.41, 5.74) is 1.20. The maximum atomic E-state index is 12.8. The van der Waals surface area contributed by atoms with E-state index in [1.165, 1.54) is 24.6 Å². The van der Waals surface area contributed by atoms with Gasteiger partial charge in [-0.25, -0.2) is 15.0 Å². The summed E-state index contributed by atoms with van der Waals surface area (Å²) in [5, 5.41) is 3.18. The van der Waals surface area contributed by atoms with E-state index in [9.17, 15) is 13.2 Å². The lowest BCUT2D eigenvalue weighted by molar-refractivity contribution is -0.187. The monoisotopic (exact) mass is 300 g/mol. The maximum absolute atomic E-state index is 12.8. The van der Waals surface area contributed by atoms with E-state index in [-0.39, 0.29) is 12.5 Å². The normalized spacial score (nSPS) is 24.4. The van der Waals surface area contributed by atoms with Crippen molar-refractivity contribution in [2.45, 2.75) is 31.1 Å². The third-order valence-corrected chi connectivity index (χ3v) is 3.77. The maximum Gasteiger partial charge on any atom is 0.404 e. The van der Waals surface area contributed by atoms with Crippen LogP contribution in [0.15, 0.2) is 12.7 Å². The van der Waals surface area contributed by atoms with Crippen LogP contribution in [0.4, 0.5) is 19.0 Å². The van der Waals surface area contributed by atoms with E-state index >= 15 is 0 Å². The first-order chi connectivity index (χ1) is 9.95. The Kier molecular flexibility index (Phi) is 3.44. The van der Waals surface area contributed by atoms with Crippen LogP contribution in [0.1, 0.15) is 12.8 Å².